The number of rotatable bonds is 2. The Bertz CT molecular complexity index is 357. The second-order valence-electron chi connectivity index (χ2n) is 6.64. The molecule has 0 radical (unpaired) electrons. The van der Waals surface area contributed by atoms with Gasteiger partial charge >= 0.3 is 0 Å². The highest BCUT2D eigenvalue weighted by Crippen LogP contribution is 2.39. The van der Waals surface area contributed by atoms with Gasteiger partial charge in [-0.15, -0.1) is 10.2 Å². The molecular formula is C14H24N2O. The zero-order valence-electron chi connectivity index (χ0n) is 11.5. The first kappa shape index (κ1) is 12.6. The standard InChI is InChI=1S/C14H24N2O/c1-10-15-16-13(17-10)12-7-5-11(6-8-12)9-14(2,3)4/h11-12H,5-9H2,1-4H3. The zero-order valence-corrected chi connectivity index (χ0v) is 11.5. The molecule has 0 unspecified atom stereocenters. The molecule has 0 N–H and O–H groups in total. The smallest absolute Gasteiger partial charge is 0.219 e. The van der Waals surface area contributed by atoms with Gasteiger partial charge in [0.1, 0.15) is 0 Å². The van der Waals surface area contributed by atoms with Crippen LogP contribution < -0.4 is 0 Å². The molecule has 0 spiro atoms. The average Bonchev–Trinajstić information content (AvgIpc) is 2.63. The maximum Gasteiger partial charge on any atom is 0.219 e. The molecule has 1 heterocycles. The fourth-order valence-corrected chi connectivity index (χ4v) is 2.96. The molecule has 0 aliphatic heterocycles. The quantitative estimate of drug-likeness (QED) is 0.776. The highest BCUT2D eigenvalue weighted by atomic mass is 16.4. The number of aryl methyl sites for hydroxylation is 1. The van der Waals surface area contributed by atoms with E-state index in [1.165, 1.54) is 32.1 Å². The molecule has 3 nitrogen and oxygen atoms in total. The minimum atomic E-state index is 0.457. The van der Waals surface area contributed by atoms with Crippen molar-refractivity contribution in [2.24, 2.45) is 11.3 Å². The number of nitrogens with zero attached hydrogens (tertiary/aromatic N) is 2. The SMILES string of the molecule is Cc1nnc(C2CCC(CC(C)(C)C)CC2)o1. The lowest BCUT2D eigenvalue weighted by Gasteiger charge is -2.31. The lowest BCUT2D eigenvalue weighted by molar-refractivity contribution is 0.217. The van der Waals surface area contributed by atoms with E-state index >= 15 is 0 Å². The summed E-state index contributed by atoms with van der Waals surface area (Å²) in [5.41, 5.74) is 0.457. The van der Waals surface area contributed by atoms with Crippen LogP contribution in [0.1, 0.15) is 70.6 Å². The van der Waals surface area contributed by atoms with Crippen LogP contribution in [0, 0.1) is 18.3 Å². The van der Waals surface area contributed by atoms with Gasteiger partial charge in [-0.25, -0.2) is 0 Å². The molecule has 2 rings (SSSR count). The highest BCUT2D eigenvalue weighted by molar-refractivity contribution is 4.94. The van der Waals surface area contributed by atoms with Crippen LogP contribution in [0.25, 0.3) is 0 Å². The minimum Gasteiger partial charge on any atom is -0.425 e. The van der Waals surface area contributed by atoms with Crippen molar-refractivity contribution in [3.05, 3.63) is 11.8 Å². The molecule has 0 aromatic carbocycles. The first-order valence-corrected chi connectivity index (χ1v) is 6.74. The second kappa shape index (κ2) is 4.79. The molecule has 0 bridgehead atoms. The van der Waals surface area contributed by atoms with Gasteiger partial charge in [0.05, 0.1) is 0 Å². The Balaban J connectivity index is 1.86. The van der Waals surface area contributed by atoms with Gasteiger partial charge < -0.3 is 4.42 Å². The van der Waals surface area contributed by atoms with Gasteiger partial charge in [-0.1, -0.05) is 20.8 Å². The Labute approximate surface area is 104 Å². The third-order valence-corrected chi connectivity index (χ3v) is 3.64. The molecule has 1 fully saturated rings. The molecule has 1 aliphatic rings. The monoisotopic (exact) mass is 236 g/mol. The number of hydrogen-bond donors (Lipinski definition) is 0. The molecule has 1 aromatic heterocycles. The van der Waals surface area contributed by atoms with Crippen LogP contribution in [0.4, 0.5) is 0 Å². The van der Waals surface area contributed by atoms with Gasteiger partial charge in [-0.05, 0) is 43.4 Å². The molecule has 0 saturated heterocycles. The molecule has 1 saturated carbocycles. The summed E-state index contributed by atoms with van der Waals surface area (Å²) >= 11 is 0. The lowest BCUT2D eigenvalue weighted by atomic mass is 9.74. The minimum absolute atomic E-state index is 0.457. The average molecular weight is 236 g/mol. The van der Waals surface area contributed by atoms with Crippen molar-refractivity contribution < 1.29 is 4.42 Å². The van der Waals surface area contributed by atoms with E-state index in [1.807, 2.05) is 6.92 Å². The lowest BCUT2D eigenvalue weighted by Crippen LogP contribution is -2.19. The summed E-state index contributed by atoms with van der Waals surface area (Å²) in [6.07, 6.45) is 6.38. The maximum atomic E-state index is 5.54. The Kier molecular flexibility index (Phi) is 3.55. The Morgan fingerprint density at radius 2 is 1.76 bits per heavy atom. The van der Waals surface area contributed by atoms with E-state index in [0.717, 1.165) is 11.8 Å². The van der Waals surface area contributed by atoms with Crippen LogP contribution in [-0.4, -0.2) is 10.2 Å². The Hall–Kier alpha value is -0.860. The van der Waals surface area contributed by atoms with Crippen LogP contribution in [0.3, 0.4) is 0 Å². The van der Waals surface area contributed by atoms with E-state index in [1.54, 1.807) is 0 Å². The summed E-state index contributed by atoms with van der Waals surface area (Å²) in [6, 6.07) is 0. The molecule has 1 aliphatic carbocycles. The molecular weight excluding hydrogens is 212 g/mol. The van der Waals surface area contributed by atoms with Crippen LogP contribution in [0.15, 0.2) is 4.42 Å². The van der Waals surface area contributed by atoms with Gasteiger partial charge in [0, 0.05) is 12.8 Å². The van der Waals surface area contributed by atoms with Gasteiger partial charge in [-0.2, -0.15) is 0 Å². The highest BCUT2D eigenvalue weighted by Gasteiger charge is 2.28. The van der Waals surface area contributed by atoms with Crippen molar-refractivity contribution in [2.75, 3.05) is 0 Å². The van der Waals surface area contributed by atoms with Crippen molar-refractivity contribution in [1.82, 2.24) is 10.2 Å². The summed E-state index contributed by atoms with van der Waals surface area (Å²) in [7, 11) is 0. The van der Waals surface area contributed by atoms with Crippen molar-refractivity contribution >= 4 is 0 Å². The molecule has 0 amide bonds. The van der Waals surface area contributed by atoms with E-state index < -0.39 is 0 Å². The fourth-order valence-electron chi connectivity index (χ4n) is 2.96. The third-order valence-electron chi connectivity index (χ3n) is 3.64. The summed E-state index contributed by atoms with van der Waals surface area (Å²) in [6.45, 7) is 8.86. The normalized spacial score (nSPS) is 26.1. The predicted octanol–water partition coefficient (Wildman–Crippen LogP) is 4.09. The molecule has 3 heteroatoms. The predicted molar refractivity (Wildman–Crippen MR) is 67.8 cm³/mol. The molecule has 0 atom stereocenters. The summed E-state index contributed by atoms with van der Waals surface area (Å²) in [4.78, 5) is 0. The van der Waals surface area contributed by atoms with Crippen molar-refractivity contribution in [3.8, 4) is 0 Å². The largest absolute Gasteiger partial charge is 0.425 e. The zero-order chi connectivity index (χ0) is 12.5. The first-order valence-electron chi connectivity index (χ1n) is 6.74. The maximum absolute atomic E-state index is 5.54. The molecule has 1 aromatic rings. The topological polar surface area (TPSA) is 38.9 Å². The Morgan fingerprint density at radius 3 is 2.24 bits per heavy atom. The van der Waals surface area contributed by atoms with Gasteiger partial charge in [0.2, 0.25) is 11.8 Å². The van der Waals surface area contributed by atoms with Crippen molar-refractivity contribution in [1.29, 1.82) is 0 Å². The van der Waals surface area contributed by atoms with Gasteiger partial charge in [-0.3, -0.25) is 0 Å². The summed E-state index contributed by atoms with van der Waals surface area (Å²) in [5.74, 6) is 2.94. The number of hydrogen-bond acceptors (Lipinski definition) is 3. The van der Waals surface area contributed by atoms with Gasteiger partial charge in [0.25, 0.3) is 0 Å². The molecule has 17 heavy (non-hydrogen) atoms. The van der Waals surface area contributed by atoms with Crippen molar-refractivity contribution in [2.45, 2.75) is 65.7 Å². The van der Waals surface area contributed by atoms with Crippen LogP contribution in [0.5, 0.6) is 0 Å². The first-order chi connectivity index (χ1) is 7.94. The third kappa shape index (κ3) is 3.55. The second-order valence-corrected chi connectivity index (χ2v) is 6.64. The van der Waals surface area contributed by atoms with Crippen LogP contribution in [-0.2, 0) is 0 Å². The van der Waals surface area contributed by atoms with E-state index in [9.17, 15) is 0 Å². The van der Waals surface area contributed by atoms with Gasteiger partial charge in [0.15, 0.2) is 0 Å². The van der Waals surface area contributed by atoms with Crippen LogP contribution in [0.2, 0.25) is 0 Å². The van der Waals surface area contributed by atoms with E-state index in [2.05, 4.69) is 31.0 Å². The van der Waals surface area contributed by atoms with Crippen LogP contribution >= 0.6 is 0 Å². The Morgan fingerprint density at radius 1 is 1.12 bits per heavy atom. The fraction of sp³-hybridized carbons (Fsp3) is 0.857. The van der Waals surface area contributed by atoms with Crippen molar-refractivity contribution in [3.63, 3.8) is 0 Å². The summed E-state index contributed by atoms with van der Waals surface area (Å²) < 4.78 is 5.54. The van der Waals surface area contributed by atoms with E-state index in [0.29, 0.717) is 17.2 Å². The van der Waals surface area contributed by atoms with E-state index in [-0.39, 0.29) is 0 Å². The van der Waals surface area contributed by atoms with E-state index in [4.69, 9.17) is 4.42 Å². The summed E-state index contributed by atoms with van der Waals surface area (Å²) in [5, 5.41) is 8.08. The number of aromatic nitrogens is 2. The molecule has 96 valence electrons.